The number of rotatable bonds is 7. The van der Waals surface area contributed by atoms with Crippen LogP contribution in [0.25, 0.3) is 78.7 Å². The highest BCUT2D eigenvalue weighted by molar-refractivity contribution is 5.82. The van der Waals surface area contributed by atoms with Gasteiger partial charge in [-0.2, -0.15) is 0 Å². The van der Waals surface area contributed by atoms with Gasteiger partial charge in [0.15, 0.2) is 17.5 Å². The lowest BCUT2D eigenvalue weighted by atomic mass is 9.96. The van der Waals surface area contributed by atoms with Crippen LogP contribution in [0.4, 0.5) is 0 Å². The molecule has 0 aliphatic heterocycles. The second kappa shape index (κ2) is 13.9. The summed E-state index contributed by atoms with van der Waals surface area (Å²) >= 11 is 0. The zero-order chi connectivity index (χ0) is 35.6. The first-order valence-electron chi connectivity index (χ1n) is 17.2. The summed E-state index contributed by atoms with van der Waals surface area (Å²) in [5.74, 6) is 1.71. The molecule has 0 atom stereocenters. The molecule has 0 spiro atoms. The standard InChI is InChI=1S/C45H35N7/c1-28-10-14-33(24-46-28)37-18-38(34-15-11-29(2)47-25-34)21-41(20-37)44-50-43(32-8-6-5-7-9-32)51-45(52-44)42-22-39(35-16-12-30(3)48-26-35)19-40(23-42)36-17-13-31(4)49-27-36/h5-27H,1-4H3. The zero-order valence-electron chi connectivity index (χ0n) is 29.4. The normalized spacial score (nSPS) is 11.1. The minimum Gasteiger partial charge on any atom is -0.261 e. The van der Waals surface area contributed by atoms with Gasteiger partial charge in [-0.05, 0) is 111 Å². The van der Waals surface area contributed by atoms with Gasteiger partial charge in [-0.1, -0.05) is 54.6 Å². The SMILES string of the molecule is Cc1ccc(-c2cc(-c3ccc(C)nc3)cc(-c3nc(-c4ccccc4)nc(-c4cc(-c5ccc(C)nc5)cc(-c5ccc(C)nc5)c4)n3)c2)cn1. The van der Waals surface area contributed by atoms with Gasteiger partial charge >= 0.3 is 0 Å². The van der Waals surface area contributed by atoms with Crippen LogP contribution in [0, 0.1) is 27.7 Å². The lowest BCUT2D eigenvalue weighted by molar-refractivity contribution is 1.07. The van der Waals surface area contributed by atoms with E-state index >= 15 is 0 Å². The Kier molecular flexibility index (Phi) is 8.67. The zero-order valence-corrected chi connectivity index (χ0v) is 29.4. The molecule has 0 bridgehead atoms. The lowest BCUT2D eigenvalue weighted by Crippen LogP contribution is -2.01. The summed E-state index contributed by atoms with van der Waals surface area (Å²) < 4.78 is 0. The van der Waals surface area contributed by atoms with Gasteiger partial charge in [-0.25, -0.2) is 15.0 Å². The van der Waals surface area contributed by atoms with Crippen molar-refractivity contribution in [3.8, 4) is 78.7 Å². The van der Waals surface area contributed by atoms with Crippen molar-refractivity contribution in [1.29, 1.82) is 0 Å². The van der Waals surface area contributed by atoms with E-state index in [1.54, 1.807) is 0 Å². The van der Waals surface area contributed by atoms with E-state index in [4.69, 9.17) is 15.0 Å². The van der Waals surface area contributed by atoms with E-state index in [0.717, 1.165) is 84.0 Å². The van der Waals surface area contributed by atoms with Crippen molar-refractivity contribution in [2.45, 2.75) is 27.7 Å². The minimum absolute atomic E-state index is 0.563. The number of hydrogen-bond acceptors (Lipinski definition) is 7. The molecule has 52 heavy (non-hydrogen) atoms. The molecule has 0 saturated heterocycles. The molecule has 0 amide bonds. The van der Waals surface area contributed by atoms with Gasteiger partial charge in [0, 0.05) is 86.5 Å². The molecular weight excluding hydrogens is 639 g/mol. The largest absolute Gasteiger partial charge is 0.261 e. The molecule has 0 fully saturated rings. The molecule has 8 aromatic rings. The molecule has 0 N–H and O–H groups in total. The van der Waals surface area contributed by atoms with Crippen LogP contribution in [0.15, 0.2) is 140 Å². The highest BCUT2D eigenvalue weighted by atomic mass is 15.0. The molecule has 5 aromatic heterocycles. The van der Waals surface area contributed by atoms with Crippen molar-refractivity contribution < 1.29 is 0 Å². The third-order valence-corrected chi connectivity index (χ3v) is 9.03. The van der Waals surface area contributed by atoms with Crippen molar-refractivity contribution in [2.75, 3.05) is 0 Å². The third kappa shape index (κ3) is 6.98. The predicted octanol–water partition coefficient (Wildman–Crippen LogP) is 10.4. The van der Waals surface area contributed by atoms with Crippen LogP contribution in [0.2, 0.25) is 0 Å². The summed E-state index contributed by atoms with van der Waals surface area (Å²) in [6, 6.07) is 39.4. The maximum absolute atomic E-state index is 5.21. The first kappa shape index (κ1) is 32.5. The Labute approximate surface area is 303 Å². The molecule has 0 unspecified atom stereocenters. The number of pyridine rings is 4. The summed E-state index contributed by atoms with van der Waals surface area (Å²) in [6.07, 6.45) is 7.64. The van der Waals surface area contributed by atoms with Crippen molar-refractivity contribution >= 4 is 0 Å². The Morgan fingerprint density at radius 3 is 0.846 bits per heavy atom. The molecular formula is C45H35N7. The van der Waals surface area contributed by atoms with Crippen LogP contribution in [-0.4, -0.2) is 34.9 Å². The Balaban J connectivity index is 1.36. The molecule has 3 aromatic carbocycles. The van der Waals surface area contributed by atoms with E-state index in [-0.39, 0.29) is 0 Å². The molecule has 8 rings (SSSR count). The highest BCUT2D eigenvalue weighted by Gasteiger charge is 2.17. The van der Waals surface area contributed by atoms with Crippen LogP contribution >= 0.6 is 0 Å². The van der Waals surface area contributed by atoms with Crippen LogP contribution in [0.5, 0.6) is 0 Å². The van der Waals surface area contributed by atoms with Crippen LogP contribution in [0.1, 0.15) is 22.8 Å². The number of nitrogens with zero attached hydrogens (tertiary/aromatic N) is 7. The molecule has 0 saturated carbocycles. The summed E-state index contributed by atoms with van der Waals surface area (Å²) in [5, 5.41) is 0. The predicted molar refractivity (Wildman–Crippen MR) is 208 cm³/mol. The maximum atomic E-state index is 5.21. The van der Waals surface area contributed by atoms with Crippen LogP contribution < -0.4 is 0 Å². The van der Waals surface area contributed by atoms with E-state index < -0.39 is 0 Å². The second-order valence-electron chi connectivity index (χ2n) is 13.0. The molecule has 7 nitrogen and oxygen atoms in total. The van der Waals surface area contributed by atoms with Crippen LogP contribution in [-0.2, 0) is 0 Å². The Hall–Kier alpha value is -6.73. The number of aryl methyl sites for hydroxylation is 4. The average Bonchev–Trinajstić information content (AvgIpc) is 3.19. The molecule has 0 aliphatic rings. The topological polar surface area (TPSA) is 90.2 Å². The van der Waals surface area contributed by atoms with Crippen molar-refractivity contribution in [3.63, 3.8) is 0 Å². The molecule has 0 radical (unpaired) electrons. The van der Waals surface area contributed by atoms with Gasteiger partial charge in [0.2, 0.25) is 0 Å². The first-order chi connectivity index (χ1) is 25.3. The number of benzene rings is 3. The van der Waals surface area contributed by atoms with Gasteiger partial charge in [-0.15, -0.1) is 0 Å². The van der Waals surface area contributed by atoms with Crippen molar-refractivity contribution in [2.24, 2.45) is 0 Å². The van der Waals surface area contributed by atoms with Gasteiger partial charge in [0.1, 0.15) is 0 Å². The van der Waals surface area contributed by atoms with Crippen molar-refractivity contribution in [1.82, 2.24) is 34.9 Å². The summed E-state index contributed by atoms with van der Waals surface area (Å²) in [5.41, 5.74) is 14.5. The Bertz CT molecular complexity index is 2230. The fraction of sp³-hybridized carbons (Fsp3) is 0.0889. The first-order valence-corrected chi connectivity index (χ1v) is 17.2. The van der Waals surface area contributed by atoms with Gasteiger partial charge in [0.05, 0.1) is 0 Å². The second-order valence-corrected chi connectivity index (χ2v) is 13.0. The van der Waals surface area contributed by atoms with Crippen LogP contribution in [0.3, 0.4) is 0 Å². The van der Waals surface area contributed by atoms with Gasteiger partial charge in [0.25, 0.3) is 0 Å². The fourth-order valence-electron chi connectivity index (χ4n) is 6.08. The molecule has 7 heteroatoms. The minimum atomic E-state index is 0.563. The average molecular weight is 674 g/mol. The Morgan fingerprint density at radius 1 is 0.269 bits per heavy atom. The van der Waals surface area contributed by atoms with E-state index in [1.807, 2.05) is 107 Å². The highest BCUT2D eigenvalue weighted by Crippen LogP contribution is 2.35. The Morgan fingerprint density at radius 2 is 0.558 bits per heavy atom. The van der Waals surface area contributed by atoms with E-state index in [9.17, 15) is 0 Å². The van der Waals surface area contributed by atoms with Gasteiger partial charge < -0.3 is 0 Å². The molecule has 0 aliphatic carbocycles. The summed E-state index contributed by atoms with van der Waals surface area (Å²) in [7, 11) is 0. The maximum Gasteiger partial charge on any atom is 0.164 e. The number of hydrogen-bond donors (Lipinski definition) is 0. The van der Waals surface area contributed by atoms with Crippen molar-refractivity contribution in [3.05, 3.63) is 163 Å². The third-order valence-electron chi connectivity index (χ3n) is 9.03. The molecule has 5 heterocycles. The molecule has 250 valence electrons. The summed E-state index contributed by atoms with van der Waals surface area (Å²) in [4.78, 5) is 33.8. The van der Waals surface area contributed by atoms with Gasteiger partial charge in [-0.3, -0.25) is 19.9 Å². The lowest BCUT2D eigenvalue weighted by Gasteiger charge is -2.14. The monoisotopic (exact) mass is 673 g/mol. The smallest absolute Gasteiger partial charge is 0.164 e. The van der Waals surface area contributed by atoms with E-state index in [1.165, 1.54) is 0 Å². The number of aromatic nitrogens is 7. The quantitative estimate of drug-likeness (QED) is 0.166. The summed E-state index contributed by atoms with van der Waals surface area (Å²) in [6.45, 7) is 7.97. The van der Waals surface area contributed by atoms with E-state index in [2.05, 4.69) is 80.6 Å². The van der Waals surface area contributed by atoms with E-state index in [0.29, 0.717) is 17.5 Å². The fourth-order valence-corrected chi connectivity index (χ4v) is 6.08.